The molecule has 0 radical (unpaired) electrons. The number of carbonyl (C=O) groups excluding carboxylic acids is 1. The molecule has 0 spiro atoms. The molecule has 1 fully saturated rings. The van der Waals surface area contributed by atoms with Gasteiger partial charge >= 0.3 is 0 Å². The Kier molecular flexibility index (Phi) is 4.32. The summed E-state index contributed by atoms with van der Waals surface area (Å²) in [6, 6.07) is 9.61. The van der Waals surface area contributed by atoms with Crippen LogP contribution in [0.5, 0.6) is 0 Å². The van der Waals surface area contributed by atoms with Gasteiger partial charge in [-0.15, -0.1) is 0 Å². The Hall–Kier alpha value is -2.43. The van der Waals surface area contributed by atoms with Crippen LogP contribution in [0.2, 0.25) is 0 Å². The van der Waals surface area contributed by atoms with E-state index in [0.717, 1.165) is 5.69 Å². The molecule has 1 aliphatic rings. The van der Waals surface area contributed by atoms with Gasteiger partial charge in [0.1, 0.15) is 11.6 Å². The fraction of sp³-hybridized carbons (Fsp3) is 0.294. The maximum Gasteiger partial charge on any atom is 0.256 e. The average molecular weight is 299 g/mol. The number of rotatable bonds is 4. The molecule has 1 amide bonds. The number of amides is 1. The van der Waals surface area contributed by atoms with E-state index in [4.69, 9.17) is 0 Å². The molecule has 22 heavy (non-hydrogen) atoms. The van der Waals surface area contributed by atoms with Gasteiger partial charge in [0.2, 0.25) is 0 Å². The molecule has 3 rings (SSSR count). The molecule has 0 unspecified atom stereocenters. The smallest absolute Gasteiger partial charge is 0.256 e. The fourth-order valence-corrected chi connectivity index (χ4v) is 2.65. The van der Waals surface area contributed by atoms with Gasteiger partial charge < -0.3 is 10.6 Å². The van der Waals surface area contributed by atoms with Gasteiger partial charge in [0, 0.05) is 11.6 Å². The standard InChI is InChI=1S/C17H18FN3O/c18-13-7-5-12(6-8-13)17(22)21-16-10-9-15(11-19-16)20-14-3-1-2-4-14/h5-11,14,20H,1-4H2,(H,19,21,22). The second kappa shape index (κ2) is 6.56. The first kappa shape index (κ1) is 14.5. The lowest BCUT2D eigenvalue weighted by Gasteiger charge is -2.13. The maximum absolute atomic E-state index is 12.8. The predicted octanol–water partition coefficient (Wildman–Crippen LogP) is 3.83. The highest BCUT2D eigenvalue weighted by molar-refractivity contribution is 6.03. The summed E-state index contributed by atoms with van der Waals surface area (Å²) >= 11 is 0. The first-order valence-electron chi connectivity index (χ1n) is 7.50. The molecule has 114 valence electrons. The number of benzene rings is 1. The zero-order chi connectivity index (χ0) is 15.4. The van der Waals surface area contributed by atoms with E-state index in [2.05, 4.69) is 15.6 Å². The van der Waals surface area contributed by atoms with Crippen molar-refractivity contribution in [2.75, 3.05) is 10.6 Å². The first-order chi connectivity index (χ1) is 10.7. The second-order valence-corrected chi connectivity index (χ2v) is 5.52. The van der Waals surface area contributed by atoms with Gasteiger partial charge in [-0.1, -0.05) is 12.8 Å². The van der Waals surface area contributed by atoms with E-state index in [1.54, 1.807) is 12.3 Å². The van der Waals surface area contributed by atoms with Crippen molar-refractivity contribution < 1.29 is 9.18 Å². The zero-order valence-electron chi connectivity index (χ0n) is 12.2. The van der Waals surface area contributed by atoms with Crippen LogP contribution in [0, 0.1) is 5.82 Å². The molecule has 1 aromatic carbocycles. The maximum atomic E-state index is 12.8. The highest BCUT2D eigenvalue weighted by Gasteiger charge is 2.14. The van der Waals surface area contributed by atoms with Crippen LogP contribution >= 0.6 is 0 Å². The molecule has 0 atom stereocenters. The number of hydrogen-bond donors (Lipinski definition) is 2. The topological polar surface area (TPSA) is 54.0 Å². The minimum absolute atomic E-state index is 0.302. The van der Waals surface area contributed by atoms with Crippen molar-refractivity contribution in [3.63, 3.8) is 0 Å². The Morgan fingerprint density at radius 3 is 2.45 bits per heavy atom. The van der Waals surface area contributed by atoms with Crippen LogP contribution < -0.4 is 10.6 Å². The number of hydrogen-bond acceptors (Lipinski definition) is 3. The van der Waals surface area contributed by atoms with Crippen molar-refractivity contribution >= 4 is 17.4 Å². The lowest BCUT2D eigenvalue weighted by atomic mass is 10.2. The van der Waals surface area contributed by atoms with Crippen LogP contribution in [0.4, 0.5) is 15.9 Å². The first-order valence-corrected chi connectivity index (χ1v) is 7.50. The Bertz CT molecular complexity index is 634. The van der Waals surface area contributed by atoms with Gasteiger partial charge in [-0.2, -0.15) is 0 Å². The van der Waals surface area contributed by atoms with E-state index < -0.39 is 0 Å². The summed E-state index contributed by atoms with van der Waals surface area (Å²) in [6.45, 7) is 0. The number of halogens is 1. The third kappa shape index (κ3) is 3.61. The highest BCUT2D eigenvalue weighted by atomic mass is 19.1. The van der Waals surface area contributed by atoms with Crippen LogP contribution in [-0.4, -0.2) is 16.9 Å². The molecule has 5 heteroatoms. The van der Waals surface area contributed by atoms with Gasteiger partial charge in [0.25, 0.3) is 5.91 Å². The van der Waals surface area contributed by atoms with Gasteiger partial charge in [-0.05, 0) is 49.2 Å². The third-order valence-corrected chi connectivity index (χ3v) is 3.84. The average Bonchev–Trinajstić information content (AvgIpc) is 3.03. The minimum Gasteiger partial charge on any atom is -0.381 e. The van der Waals surface area contributed by atoms with Crippen LogP contribution in [0.3, 0.4) is 0 Å². The molecule has 1 heterocycles. The molecule has 1 saturated carbocycles. The van der Waals surface area contributed by atoms with E-state index in [-0.39, 0.29) is 11.7 Å². The van der Waals surface area contributed by atoms with Crippen LogP contribution in [0.15, 0.2) is 42.6 Å². The molecule has 2 aromatic rings. The van der Waals surface area contributed by atoms with Gasteiger partial charge in [-0.3, -0.25) is 4.79 Å². The van der Waals surface area contributed by atoms with Gasteiger partial charge in [-0.25, -0.2) is 9.37 Å². The Morgan fingerprint density at radius 1 is 1.09 bits per heavy atom. The van der Waals surface area contributed by atoms with E-state index in [1.165, 1.54) is 49.9 Å². The summed E-state index contributed by atoms with van der Waals surface area (Å²) in [7, 11) is 0. The largest absolute Gasteiger partial charge is 0.381 e. The number of anilines is 2. The molecule has 0 saturated heterocycles. The van der Waals surface area contributed by atoms with E-state index in [1.807, 2.05) is 6.07 Å². The number of nitrogens with zero attached hydrogens (tertiary/aromatic N) is 1. The summed E-state index contributed by atoms with van der Waals surface area (Å²) in [5.74, 6) is -0.188. The van der Waals surface area contributed by atoms with Crippen molar-refractivity contribution in [3.8, 4) is 0 Å². The quantitative estimate of drug-likeness (QED) is 0.902. The van der Waals surface area contributed by atoms with Gasteiger partial charge in [0.15, 0.2) is 0 Å². The van der Waals surface area contributed by atoms with Crippen molar-refractivity contribution in [2.24, 2.45) is 0 Å². The summed E-state index contributed by atoms with van der Waals surface area (Å²) in [5, 5.41) is 6.14. The Labute approximate surface area is 128 Å². The minimum atomic E-state index is -0.364. The Balaban J connectivity index is 1.60. The molecule has 4 nitrogen and oxygen atoms in total. The Morgan fingerprint density at radius 2 is 1.82 bits per heavy atom. The van der Waals surface area contributed by atoms with Gasteiger partial charge in [0.05, 0.1) is 11.9 Å². The number of nitrogens with one attached hydrogen (secondary N) is 2. The van der Waals surface area contributed by atoms with Crippen molar-refractivity contribution in [1.82, 2.24) is 4.98 Å². The molecule has 0 bridgehead atoms. The van der Waals surface area contributed by atoms with E-state index in [0.29, 0.717) is 17.4 Å². The van der Waals surface area contributed by atoms with Crippen LogP contribution in [-0.2, 0) is 0 Å². The van der Waals surface area contributed by atoms with Crippen LogP contribution in [0.1, 0.15) is 36.0 Å². The fourth-order valence-electron chi connectivity index (χ4n) is 2.65. The molecular weight excluding hydrogens is 281 g/mol. The number of pyridine rings is 1. The normalized spacial score (nSPS) is 14.8. The lowest BCUT2D eigenvalue weighted by Crippen LogP contribution is -2.15. The highest BCUT2D eigenvalue weighted by Crippen LogP contribution is 2.22. The third-order valence-electron chi connectivity index (χ3n) is 3.84. The SMILES string of the molecule is O=C(Nc1ccc(NC2CCCC2)cn1)c1ccc(F)cc1. The zero-order valence-corrected chi connectivity index (χ0v) is 12.2. The summed E-state index contributed by atoms with van der Waals surface area (Å²) in [5.41, 5.74) is 1.36. The molecular formula is C17H18FN3O. The number of aromatic nitrogens is 1. The van der Waals surface area contributed by atoms with Crippen molar-refractivity contribution in [2.45, 2.75) is 31.7 Å². The van der Waals surface area contributed by atoms with Crippen molar-refractivity contribution in [1.29, 1.82) is 0 Å². The van der Waals surface area contributed by atoms with E-state index in [9.17, 15) is 9.18 Å². The number of carbonyl (C=O) groups is 1. The monoisotopic (exact) mass is 299 g/mol. The second-order valence-electron chi connectivity index (χ2n) is 5.52. The lowest BCUT2D eigenvalue weighted by molar-refractivity contribution is 0.102. The molecule has 1 aliphatic carbocycles. The van der Waals surface area contributed by atoms with Crippen molar-refractivity contribution in [3.05, 3.63) is 54.0 Å². The predicted molar refractivity (Wildman–Crippen MR) is 84.5 cm³/mol. The molecule has 1 aromatic heterocycles. The summed E-state index contributed by atoms with van der Waals surface area (Å²) in [4.78, 5) is 16.2. The molecule has 2 N–H and O–H groups in total. The van der Waals surface area contributed by atoms with Crippen LogP contribution in [0.25, 0.3) is 0 Å². The molecule has 0 aliphatic heterocycles. The summed E-state index contributed by atoms with van der Waals surface area (Å²) < 4.78 is 12.8. The van der Waals surface area contributed by atoms with E-state index >= 15 is 0 Å². The summed E-state index contributed by atoms with van der Waals surface area (Å²) in [6.07, 6.45) is 6.67.